The SMILES string of the molecule is CC1CC[N+](C)(N)C(OC(=O)CCC(=O)O)C1. The van der Waals surface area contributed by atoms with Crippen molar-refractivity contribution >= 4 is 11.9 Å². The van der Waals surface area contributed by atoms with Crippen LogP contribution < -0.4 is 5.84 Å². The topological polar surface area (TPSA) is 89.6 Å². The van der Waals surface area contributed by atoms with Crippen molar-refractivity contribution in [1.82, 2.24) is 0 Å². The van der Waals surface area contributed by atoms with Gasteiger partial charge >= 0.3 is 11.9 Å². The Morgan fingerprint density at radius 1 is 1.47 bits per heavy atom. The Labute approximate surface area is 101 Å². The van der Waals surface area contributed by atoms with Crippen molar-refractivity contribution in [2.75, 3.05) is 13.6 Å². The van der Waals surface area contributed by atoms with Crippen LogP contribution in [0.25, 0.3) is 0 Å². The van der Waals surface area contributed by atoms with Gasteiger partial charge in [0.2, 0.25) is 0 Å². The summed E-state index contributed by atoms with van der Waals surface area (Å²) in [4.78, 5) is 21.8. The lowest BCUT2D eigenvalue weighted by Gasteiger charge is -2.40. The molecule has 0 aromatic rings. The molecule has 3 atom stereocenters. The van der Waals surface area contributed by atoms with Gasteiger partial charge in [-0.2, -0.15) is 5.84 Å². The number of carbonyl (C=O) groups is 2. The zero-order valence-corrected chi connectivity index (χ0v) is 10.4. The molecule has 3 N–H and O–H groups in total. The molecule has 1 rings (SSSR count). The van der Waals surface area contributed by atoms with Gasteiger partial charge in [0.25, 0.3) is 6.23 Å². The van der Waals surface area contributed by atoms with Crippen LogP contribution >= 0.6 is 0 Å². The Bertz CT molecular complexity index is 304. The van der Waals surface area contributed by atoms with Crippen molar-refractivity contribution in [3.05, 3.63) is 0 Å². The monoisotopic (exact) mass is 245 g/mol. The molecule has 0 aromatic heterocycles. The molecule has 0 aliphatic carbocycles. The largest absolute Gasteiger partial charge is 0.481 e. The van der Waals surface area contributed by atoms with Crippen LogP contribution in [-0.2, 0) is 14.3 Å². The lowest BCUT2D eigenvalue weighted by atomic mass is 9.97. The molecule has 1 aliphatic rings. The van der Waals surface area contributed by atoms with E-state index in [4.69, 9.17) is 15.7 Å². The number of quaternary nitrogens is 1. The second kappa shape index (κ2) is 5.46. The molecule has 0 saturated carbocycles. The van der Waals surface area contributed by atoms with Crippen molar-refractivity contribution in [3.8, 4) is 0 Å². The Hall–Kier alpha value is -1.14. The molecule has 0 radical (unpaired) electrons. The summed E-state index contributed by atoms with van der Waals surface area (Å²) >= 11 is 0. The number of nitrogens with two attached hydrogens (primary N) is 1. The van der Waals surface area contributed by atoms with E-state index in [0.29, 0.717) is 5.92 Å². The number of ether oxygens (including phenoxy) is 1. The third-order valence-corrected chi connectivity index (χ3v) is 3.18. The number of aliphatic carboxylic acids is 1. The molecule has 1 heterocycles. The van der Waals surface area contributed by atoms with Gasteiger partial charge in [-0.15, -0.1) is 0 Å². The minimum Gasteiger partial charge on any atom is -0.481 e. The predicted molar refractivity (Wildman–Crippen MR) is 60.4 cm³/mol. The van der Waals surface area contributed by atoms with E-state index in [1.54, 1.807) is 0 Å². The van der Waals surface area contributed by atoms with E-state index in [1.807, 2.05) is 7.05 Å². The van der Waals surface area contributed by atoms with Crippen LogP contribution in [0.2, 0.25) is 0 Å². The second-order valence-corrected chi connectivity index (χ2v) is 5.04. The van der Waals surface area contributed by atoms with E-state index in [2.05, 4.69) is 6.92 Å². The summed E-state index contributed by atoms with van der Waals surface area (Å²) in [6, 6.07) is 0. The van der Waals surface area contributed by atoms with Crippen LogP contribution in [0.15, 0.2) is 0 Å². The first-order valence-electron chi connectivity index (χ1n) is 5.86. The van der Waals surface area contributed by atoms with Gasteiger partial charge in [0.1, 0.15) is 0 Å². The van der Waals surface area contributed by atoms with Crippen LogP contribution in [-0.4, -0.2) is 41.5 Å². The molecule has 0 spiro atoms. The van der Waals surface area contributed by atoms with Gasteiger partial charge in [-0.3, -0.25) is 9.59 Å². The van der Waals surface area contributed by atoms with Gasteiger partial charge in [0, 0.05) is 12.8 Å². The smallest absolute Gasteiger partial charge is 0.310 e. The van der Waals surface area contributed by atoms with Crippen LogP contribution in [0.1, 0.15) is 32.6 Å². The van der Waals surface area contributed by atoms with Crippen molar-refractivity contribution in [3.63, 3.8) is 0 Å². The van der Waals surface area contributed by atoms with Crippen LogP contribution in [0.4, 0.5) is 0 Å². The van der Waals surface area contributed by atoms with Crippen molar-refractivity contribution < 1.29 is 24.0 Å². The van der Waals surface area contributed by atoms with E-state index < -0.39 is 11.9 Å². The van der Waals surface area contributed by atoms with E-state index in [0.717, 1.165) is 19.4 Å². The molecule has 1 fully saturated rings. The number of hydrogen-bond acceptors (Lipinski definition) is 4. The molecule has 0 aromatic carbocycles. The molecule has 6 nitrogen and oxygen atoms in total. The molecule has 0 amide bonds. The van der Waals surface area contributed by atoms with Crippen LogP contribution in [0.3, 0.4) is 0 Å². The highest BCUT2D eigenvalue weighted by Crippen LogP contribution is 2.25. The zero-order valence-electron chi connectivity index (χ0n) is 10.4. The Morgan fingerprint density at radius 2 is 2.12 bits per heavy atom. The second-order valence-electron chi connectivity index (χ2n) is 5.04. The molecule has 1 saturated heterocycles. The van der Waals surface area contributed by atoms with Crippen molar-refractivity contribution in [2.24, 2.45) is 11.8 Å². The summed E-state index contributed by atoms with van der Waals surface area (Å²) < 4.78 is 5.44. The number of rotatable bonds is 4. The van der Waals surface area contributed by atoms with Gasteiger partial charge in [-0.25, -0.2) is 4.59 Å². The first kappa shape index (κ1) is 13.9. The van der Waals surface area contributed by atoms with Crippen molar-refractivity contribution in [1.29, 1.82) is 0 Å². The maximum Gasteiger partial charge on any atom is 0.310 e. The quantitative estimate of drug-likeness (QED) is 0.427. The highest BCUT2D eigenvalue weighted by Gasteiger charge is 2.38. The zero-order chi connectivity index (χ0) is 13.1. The number of hydrogen-bond donors (Lipinski definition) is 2. The maximum atomic E-state index is 11.5. The minimum atomic E-state index is -0.996. The highest BCUT2D eigenvalue weighted by molar-refractivity contribution is 5.76. The van der Waals surface area contributed by atoms with Gasteiger partial charge < -0.3 is 9.84 Å². The van der Waals surface area contributed by atoms with Gasteiger partial charge in [-0.1, -0.05) is 6.92 Å². The number of esters is 1. The minimum absolute atomic E-state index is 0.0970. The van der Waals surface area contributed by atoms with Gasteiger partial charge in [0.15, 0.2) is 0 Å². The highest BCUT2D eigenvalue weighted by atomic mass is 16.6. The molecule has 1 aliphatic heterocycles. The Kier molecular flexibility index (Phi) is 4.47. The summed E-state index contributed by atoms with van der Waals surface area (Å²) in [5.41, 5.74) is 0. The molecular weight excluding hydrogens is 224 g/mol. The summed E-state index contributed by atoms with van der Waals surface area (Å²) in [7, 11) is 1.82. The molecule has 17 heavy (non-hydrogen) atoms. The molecular formula is C11H21N2O4+. The summed E-state index contributed by atoms with van der Waals surface area (Å²) in [6.45, 7) is 2.86. The maximum absolute atomic E-state index is 11.5. The number of nitrogens with zero attached hydrogens (tertiary/aromatic N) is 1. The first-order valence-corrected chi connectivity index (χ1v) is 5.86. The standard InChI is InChI=1S/C11H20N2O4/c1-8-5-6-13(2,12)9(7-8)17-11(16)4-3-10(14)15/h8-9H,3-7,12H2,1-2H3/p+1. The number of carboxylic acid groups (broad SMARTS) is 1. The number of carboxylic acids is 1. The Balaban J connectivity index is 2.47. The van der Waals surface area contributed by atoms with Crippen LogP contribution in [0, 0.1) is 5.92 Å². The normalized spacial score (nSPS) is 33.1. The fourth-order valence-corrected chi connectivity index (χ4v) is 1.93. The predicted octanol–water partition coefficient (Wildman–Crippen LogP) is 0.471. The fraction of sp³-hybridized carbons (Fsp3) is 0.818. The number of carbonyl (C=O) groups excluding carboxylic acids is 1. The molecule has 6 heteroatoms. The lowest BCUT2D eigenvalue weighted by Crippen LogP contribution is -2.62. The van der Waals surface area contributed by atoms with E-state index in [-0.39, 0.29) is 23.7 Å². The van der Waals surface area contributed by atoms with E-state index >= 15 is 0 Å². The van der Waals surface area contributed by atoms with Crippen molar-refractivity contribution in [2.45, 2.75) is 38.8 Å². The average molecular weight is 245 g/mol. The number of likely N-dealkylation sites (tertiary alicyclic amines) is 1. The van der Waals surface area contributed by atoms with E-state index in [9.17, 15) is 9.59 Å². The number of piperidine rings is 1. The van der Waals surface area contributed by atoms with Crippen LogP contribution in [0.5, 0.6) is 0 Å². The summed E-state index contributed by atoms with van der Waals surface area (Å²) in [5, 5.41) is 8.48. The first-order chi connectivity index (χ1) is 7.81. The average Bonchev–Trinajstić information content (AvgIpc) is 2.21. The van der Waals surface area contributed by atoms with Gasteiger partial charge in [0.05, 0.1) is 26.4 Å². The third-order valence-electron chi connectivity index (χ3n) is 3.18. The lowest BCUT2D eigenvalue weighted by molar-refractivity contribution is -0.969. The molecule has 3 unspecified atom stereocenters. The summed E-state index contributed by atoms with van der Waals surface area (Å²) in [6.07, 6.45) is 1.08. The summed E-state index contributed by atoms with van der Waals surface area (Å²) in [5.74, 6) is 5.03. The van der Waals surface area contributed by atoms with E-state index in [1.165, 1.54) is 0 Å². The molecule has 98 valence electrons. The van der Waals surface area contributed by atoms with Gasteiger partial charge in [-0.05, 0) is 5.92 Å². The third kappa shape index (κ3) is 4.32. The Morgan fingerprint density at radius 3 is 2.71 bits per heavy atom. The fourth-order valence-electron chi connectivity index (χ4n) is 1.93. The molecule has 0 bridgehead atoms.